The molecule has 3 aromatic rings. The van der Waals surface area contributed by atoms with Crippen molar-refractivity contribution in [2.75, 3.05) is 19.8 Å². The van der Waals surface area contributed by atoms with Crippen LogP contribution in [-0.2, 0) is 26.6 Å². The van der Waals surface area contributed by atoms with Gasteiger partial charge in [0.05, 0.1) is 36.4 Å². The van der Waals surface area contributed by atoms with E-state index in [2.05, 4.69) is 15.3 Å². The lowest BCUT2D eigenvalue weighted by molar-refractivity contribution is -0.142. The highest BCUT2D eigenvalue weighted by atomic mass is 35.5. The van der Waals surface area contributed by atoms with Crippen molar-refractivity contribution < 1.29 is 59.0 Å². The minimum atomic E-state index is -4.92. The zero-order chi connectivity index (χ0) is 34.3. The highest BCUT2D eigenvalue weighted by Crippen LogP contribution is 2.34. The minimum Gasteiger partial charge on any atom is -0.457 e. The first kappa shape index (κ1) is 34.0. The zero-order valence-electron chi connectivity index (χ0n) is 23.5. The van der Waals surface area contributed by atoms with Gasteiger partial charge in [-0.05, 0) is 36.4 Å². The van der Waals surface area contributed by atoms with Gasteiger partial charge in [0, 0.05) is 35.9 Å². The second-order valence-electron chi connectivity index (χ2n) is 10.7. The Hall–Kier alpha value is -4.38. The Labute approximate surface area is 264 Å². The van der Waals surface area contributed by atoms with Gasteiger partial charge in [0.25, 0.3) is 5.91 Å². The van der Waals surface area contributed by atoms with E-state index in [0.717, 1.165) is 35.5 Å². The molecule has 18 heteroatoms. The Morgan fingerprint density at radius 3 is 2.09 bits per heavy atom. The van der Waals surface area contributed by atoms with E-state index >= 15 is 0 Å². The van der Waals surface area contributed by atoms with E-state index in [-0.39, 0.29) is 18.8 Å². The molecule has 4 heterocycles. The first-order chi connectivity index (χ1) is 22.0. The molecular weight excluding hydrogens is 672 g/mol. The molecule has 2 fully saturated rings. The van der Waals surface area contributed by atoms with Crippen LogP contribution in [0, 0.1) is 17.6 Å². The molecule has 0 radical (unpaired) electrons. The summed E-state index contributed by atoms with van der Waals surface area (Å²) < 4.78 is 119. The van der Waals surface area contributed by atoms with Crippen LogP contribution in [0.2, 0.25) is 5.02 Å². The maximum atomic E-state index is 14.9. The van der Waals surface area contributed by atoms with Crippen LogP contribution in [0.5, 0.6) is 0 Å². The predicted molar refractivity (Wildman–Crippen MR) is 144 cm³/mol. The lowest BCUT2D eigenvalue weighted by Gasteiger charge is -2.36. The Morgan fingerprint density at radius 1 is 0.915 bits per heavy atom. The lowest BCUT2D eigenvalue weighted by Crippen LogP contribution is -2.50. The van der Waals surface area contributed by atoms with Crippen LogP contribution in [0.1, 0.15) is 50.1 Å². The third-order valence-electron chi connectivity index (χ3n) is 7.49. The molecule has 3 atom stereocenters. The number of hydrogen-bond acceptors (Lipinski definition) is 7. The fourth-order valence-corrected chi connectivity index (χ4v) is 5.24. The van der Waals surface area contributed by atoms with Gasteiger partial charge in [0.15, 0.2) is 0 Å². The number of esters is 1. The summed E-state index contributed by atoms with van der Waals surface area (Å²) in [7, 11) is 0. The second kappa shape index (κ2) is 13.0. The van der Waals surface area contributed by atoms with Gasteiger partial charge in [-0.2, -0.15) is 26.3 Å². The third-order valence-corrected chi connectivity index (χ3v) is 7.78. The fraction of sp³-hybridized carbons (Fsp3) is 0.345. The normalized spacial score (nSPS) is 19.2. The summed E-state index contributed by atoms with van der Waals surface area (Å²) in [6, 6.07) is 1.52. The second-order valence-corrected chi connectivity index (χ2v) is 11.1. The van der Waals surface area contributed by atoms with E-state index < -0.39 is 106 Å². The average molecular weight is 693 g/mol. The number of amides is 2. The van der Waals surface area contributed by atoms with Crippen molar-refractivity contribution in [3.8, 4) is 0 Å². The van der Waals surface area contributed by atoms with Gasteiger partial charge in [0.1, 0.15) is 35.2 Å². The molecule has 2 saturated heterocycles. The largest absolute Gasteiger partial charge is 0.457 e. The molecule has 0 saturated carbocycles. The van der Waals surface area contributed by atoms with Crippen LogP contribution in [0.4, 0.5) is 35.1 Å². The highest BCUT2D eigenvalue weighted by Gasteiger charge is 2.44. The van der Waals surface area contributed by atoms with Crippen molar-refractivity contribution in [2.24, 2.45) is 5.92 Å². The van der Waals surface area contributed by atoms with E-state index in [9.17, 15) is 49.5 Å². The summed E-state index contributed by atoms with van der Waals surface area (Å²) in [5.41, 5.74) is -4.17. The first-order valence-corrected chi connectivity index (χ1v) is 14.0. The Morgan fingerprint density at radius 2 is 1.51 bits per heavy atom. The van der Waals surface area contributed by atoms with Gasteiger partial charge in [-0.3, -0.25) is 19.6 Å². The zero-order valence-corrected chi connectivity index (χ0v) is 24.3. The molecule has 0 spiro atoms. The molecule has 2 amide bonds. The number of aromatic nitrogens is 2. The molecular formula is C29H21ClF8N4O5. The van der Waals surface area contributed by atoms with Crippen molar-refractivity contribution >= 4 is 29.4 Å². The van der Waals surface area contributed by atoms with Crippen LogP contribution in [-0.4, -0.2) is 64.6 Å². The first-order valence-electron chi connectivity index (χ1n) is 13.6. The molecule has 1 N–H and O–H groups in total. The summed E-state index contributed by atoms with van der Waals surface area (Å²) in [5, 5.41) is 2.01. The Bertz CT molecular complexity index is 1700. The van der Waals surface area contributed by atoms with E-state index in [1.165, 1.54) is 0 Å². The number of likely N-dealkylation sites (tertiary alicyclic amines) is 1. The molecule has 0 bridgehead atoms. The molecule has 47 heavy (non-hydrogen) atoms. The van der Waals surface area contributed by atoms with Gasteiger partial charge < -0.3 is 19.7 Å². The summed E-state index contributed by atoms with van der Waals surface area (Å²) in [5.74, 6) is -5.86. The molecule has 250 valence electrons. The molecule has 1 aromatic carbocycles. The van der Waals surface area contributed by atoms with Crippen LogP contribution >= 0.6 is 11.6 Å². The maximum Gasteiger partial charge on any atom is 0.433 e. The molecule has 1 unspecified atom stereocenters. The highest BCUT2D eigenvalue weighted by molar-refractivity contribution is 6.30. The standard InChI is InChI=1S/C29H21ClF8N4O5/c30-18-9-19(31)17(8-20(18)32)24(15-11-46-12-15)41-25(43)21-7-16(47-27(45)14-2-4-40-23(6-14)29(36,37)38)10-42(21)26(44)13-1-3-39-22(5-13)28(33,34)35/h1-6,8-9,15-16,21,24H,7,10-12H2,(H,41,43)/t16-,21-,24?/m1/s1. The number of benzene rings is 1. The number of carbonyl (C=O) groups excluding carboxylic acids is 3. The van der Waals surface area contributed by atoms with Crippen molar-refractivity contribution in [2.45, 2.75) is 37.0 Å². The number of alkyl halides is 6. The quantitative estimate of drug-likeness (QED) is 0.201. The van der Waals surface area contributed by atoms with Gasteiger partial charge in [-0.15, -0.1) is 0 Å². The predicted octanol–water partition coefficient (Wildman–Crippen LogP) is 5.39. The van der Waals surface area contributed by atoms with Crippen molar-refractivity contribution in [1.29, 1.82) is 0 Å². The van der Waals surface area contributed by atoms with Crippen LogP contribution in [0.3, 0.4) is 0 Å². The van der Waals surface area contributed by atoms with Crippen LogP contribution in [0.15, 0.2) is 48.8 Å². The lowest BCUT2D eigenvalue weighted by atomic mass is 9.90. The number of carbonyl (C=O) groups is 3. The van der Waals surface area contributed by atoms with Crippen molar-refractivity contribution in [3.05, 3.63) is 93.5 Å². The fourth-order valence-electron chi connectivity index (χ4n) is 5.09. The topological polar surface area (TPSA) is 111 Å². The molecule has 2 aliphatic rings. The minimum absolute atomic E-state index is 0.0330. The van der Waals surface area contributed by atoms with Crippen LogP contribution in [0.25, 0.3) is 0 Å². The average Bonchev–Trinajstić information content (AvgIpc) is 3.40. The van der Waals surface area contributed by atoms with E-state index in [0.29, 0.717) is 18.2 Å². The Kier molecular flexibility index (Phi) is 9.41. The van der Waals surface area contributed by atoms with Gasteiger partial charge in [0.2, 0.25) is 5.91 Å². The Balaban J connectivity index is 1.44. The van der Waals surface area contributed by atoms with Gasteiger partial charge in [-0.1, -0.05) is 11.6 Å². The van der Waals surface area contributed by atoms with Crippen LogP contribution < -0.4 is 5.32 Å². The van der Waals surface area contributed by atoms with Crippen molar-refractivity contribution in [1.82, 2.24) is 20.2 Å². The SMILES string of the molecule is O=C(O[C@@H]1C[C@H](C(=O)NC(c2cc(F)c(Cl)cc2F)C2COC2)N(C(=O)c2ccnc(C(F)(F)F)c2)C1)c1ccnc(C(F)(F)F)c1. The molecule has 5 rings (SSSR count). The number of rotatable bonds is 7. The molecule has 2 aliphatic heterocycles. The summed E-state index contributed by atoms with van der Waals surface area (Å²) in [6.07, 6.45) is -10.1. The van der Waals surface area contributed by atoms with Crippen molar-refractivity contribution in [3.63, 3.8) is 0 Å². The monoisotopic (exact) mass is 692 g/mol. The third kappa shape index (κ3) is 7.45. The summed E-state index contributed by atoms with van der Waals surface area (Å²) in [4.78, 5) is 47.2. The van der Waals surface area contributed by atoms with Gasteiger partial charge in [-0.25, -0.2) is 13.6 Å². The molecule has 0 aliphatic carbocycles. The smallest absolute Gasteiger partial charge is 0.433 e. The van der Waals surface area contributed by atoms with E-state index in [4.69, 9.17) is 21.1 Å². The van der Waals surface area contributed by atoms with E-state index in [1.54, 1.807) is 0 Å². The summed E-state index contributed by atoms with van der Waals surface area (Å²) >= 11 is 5.66. The number of nitrogens with zero attached hydrogens (tertiary/aromatic N) is 3. The number of hydrogen-bond donors (Lipinski definition) is 1. The molecule has 9 nitrogen and oxygen atoms in total. The summed E-state index contributed by atoms with van der Waals surface area (Å²) in [6.45, 7) is -0.499. The number of pyridine rings is 2. The number of nitrogens with one attached hydrogen (secondary N) is 1. The number of ether oxygens (including phenoxy) is 2. The van der Waals surface area contributed by atoms with E-state index in [1.807, 2.05) is 0 Å². The van der Waals surface area contributed by atoms with Gasteiger partial charge >= 0.3 is 18.3 Å². The molecule has 2 aromatic heterocycles. The number of halogens is 9. The maximum absolute atomic E-state index is 14.9.